The third-order valence-electron chi connectivity index (χ3n) is 3.94. The first-order chi connectivity index (χ1) is 12.6. The molecule has 0 fully saturated rings. The summed E-state index contributed by atoms with van der Waals surface area (Å²) in [6.07, 6.45) is 1.71. The first-order valence-electron chi connectivity index (χ1n) is 7.77. The van der Waals surface area contributed by atoms with E-state index >= 15 is 0 Å². The molecule has 0 saturated heterocycles. The predicted octanol–water partition coefficient (Wildman–Crippen LogP) is 3.15. The van der Waals surface area contributed by atoms with Crippen LogP contribution in [0.1, 0.15) is 25.6 Å². The van der Waals surface area contributed by atoms with E-state index in [1.54, 1.807) is 54.2 Å². The van der Waals surface area contributed by atoms with E-state index in [1.807, 2.05) is 0 Å². The monoisotopic (exact) mass is 384 g/mol. The number of hydrogen-bond donors (Lipinski definition) is 3. The standard InChI is InChI=1S/C18H13N3O3S2/c22-17(20-9-12-8-19-10-25-12)11-5-6-16-14(7-11)21-18(23)13-3-1-2-4-15(13)26(16)24/h1-8,10,24H,9H2,(H-,20,21,22,23)/p+1. The number of rotatable bonds is 3. The molecule has 2 heterocycles. The molecular weight excluding hydrogens is 370 g/mol. The first kappa shape index (κ1) is 16.8. The largest absolute Gasteiger partial charge is 0.347 e. The van der Waals surface area contributed by atoms with E-state index in [9.17, 15) is 14.1 Å². The quantitative estimate of drug-likeness (QED) is 0.605. The van der Waals surface area contributed by atoms with Gasteiger partial charge in [-0.2, -0.15) is 4.55 Å². The van der Waals surface area contributed by atoms with Crippen LogP contribution in [0.5, 0.6) is 0 Å². The van der Waals surface area contributed by atoms with Crippen molar-refractivity contribution < 1.29 is 14.1 Å². The number of nitrogens with one attached hydrogen (secondary N) is 2. The molecule has 1 aromatic heterocycles. The number of aromatic nitrogens is 1. The highest BCUT2D eigenvalue weighted by atomic mass is 32.2. The molecule has 26 heavy (non-hydrogen) atoms. The van der Waals surface area contributed by atoms with Crippen molar-refractivity contribution in [1.82, 2.24) is 10.3 Å². The number of nitrogens with zero attached hydrogens (tertiary/aromatic N) is 1. The smallest absolute Gasteiger partial charge is 0.261 e. The van der Waals surface area contributed by atoms with Gasteiger partial charge in [0.15, 0.2) is 0 Å². The number of fused-ring (bicyclic) bond motifs is 2. The third kappa shape index (κ3) is 3.10. The van der Waals surface area contributed by atoms with Gasteiger partial charge in [-0.25, -0.2) is 0 Å². The Morgan fingerprint density at radius 1 is 1.23 bits per heavy atom. The zero-order chi connectivity index (χ0) is 18.1. The fourth-order valence-corrected chi connectivity index (χ4v) is 4.53. The number of carbonyl (C=O) groups is 2. The van der Waals surface area contributed by atoms with Gasteiger partial charge in [0, 0.05) is 16.6 Å². The summed E-state index contributed by atoms with van der Waals surface area (Å²) in [4.78, 5) is 30.9. The van der Waals surface area contributed by atoms with E-state index in [-0.39, 0.29) is 11.8 Å². The molecule has 0 aliphatic carbocycles. The van der Waals surface area contributed by atoms with Gasteiger partial charge in [-0.1, -0.05) is 12.1 Å². The van der Waals surface area contributed by atoms with Gasteiger partial charge >= 0.3 is 0 Å². The summed E-state index contributed by atoms with van der Waals surface area (Å²) >= 11 is 0.215. The highest BCUT2D eigenvalue weighted by Crippen LogP contribution is 2.34. The molecule has 1 aliphatic rings. The van der Waals surface area contributed by atoms with Crippen LogP contribution in [-0.4, -0.2) is 21.4 Å². The van der Waals surface area contributed by atoms with E-state index in [0.29, 0.717) is 33.2 Å². The molecule has 2 amide bonds. The SMILES string of the molecule is O=C(NCc1cncs1)c1ccc2c(c1)NC(=O)c1ccccc1[S+]2O. The fraction of sp³-hybridized carbons (Fsp3) is 0.0556. The summed E-state index contributed by atoms with van der Waals surface area (Å²) in [5.74, 6) is -0.553. The van der Waals surface area contributed by atoms with Crippen LogP contribution in [0.2, 0.25) is 0 Å². The second-order valence-electron chi connectivity index (χ2n) is 5.60. The van der Waals surface area contributed by atoms with Gasteiger partial charge < -0.3 is 10.6 Å². The van der Waals surface area contributed by atoms with E-state index in [0.717, 1.165) is 4.88 Å². The zero-order valence-corrected chi connectivity index (χ0v) is 15.1. The third-order valence-corrected chi connectivity index (χ3v) is 6.27. The van der Waals surface area contributed by atoms with Crippen molar-refractivity contribution in [2.75, 3.05) is 5.32 Å². The Balaban J connectivity index is 1.62. The summed E-state index contributed by atoms with van der Waals surface area (Å²) in [6.45, 7) is 0.392. The summed E-state index contributed by atoms with van der Waals surface area (Å²) < 4.78 is 10.7. The van der Waals surface area contributed by atoms with Crippen molar-refractivity contribution in [1.29, 1.82) is 0 Å². The molecule has 0 radical (unpaired) electrons. The van der Waals surface area contributed by atoms with Gasteiger partial charge in [-0.15, -0.1) is 11.3 Å². The Morgan fingerprint density at radius 2 is 2.08 bits per heavy atom. The van der Waals surface area contributed by atoms with Crippen LogP contribution in [0.15, 0.2) is 64.0 Å². The van der Waals surface area contributed by atoms with Crippen LogP contribution in [0.3, 0.4) is 0 Å². The van der Waals surface area contributed by atoms with Crippen molar-refractivity contribution in [3.8, 4) is 0 Å². The van der Waals surface area contributed by atoms with E-state index in [2.05, 4.69) is 15.6 Å². The van der Waals surface area contributed by atoms with E-state index in [1.165, 1.54) is 11.3 Å². The first-order valence-corrected chi connectivity index (χ1v) is 9.83. The van der Waals surface area contributed by atoms with Crippen LogP contribution in [0.4, 0.5) is 5.69 Å². The Bertz CT molecular complexity index is 989. The van der Waals surface area contributed by atoms with Crippen molar-refractivity contribution in [3.63, 3.8) is 0 Å². The van der Waals surface area contributed by atoms with Crippen LogP contribution in [0, 0.1) is 0 Å². The molecule has 3 N–H and O–H groups in total. The van der Waals surface area contributed by atoms with Crippen LogP contribution >= 0.6 is 11.3 Å². The number of anilines is 1. The Morgan fingerprint density at radius 3 is 2.88 bits per heavy atom. The molecule has 1 unspecified atom stereocenters. The fourth-order valence-electron chi connectivity index (χ4n) is 2.67. The van der Waals surface area contributed by atoms with E-state index in [4.69, 9.17) is 0 Å². The minimum absolute atomic E-state index is 0.255. The van der Waals surface area contributed by atoms with Gasteiger partial charge in [0.05, 0.1) is 17.6 Å². The van der Waals surface area contributed by atoms with E-state index < -0.39 is 11.2 Å². The average molecular weight is 384 g/mol. The lowest BCUT2D eigenvalue weighted by Gasteiger charge is -2.07. The molecule has 2 aromatic carbocycles. The summed E-state index contributed by atoms with van der Waals surface area (Å²) in [6, 6.07) is 11.9. The summed E-state index contributed by atoms with van der Waals surface area (Å²) in [5, 5.41) is 5.62. The van der Waals surface area contributed by atoms with Crippen molar-refractivity contribution in [2.24, 2.45) is 0 Å². The van der Waals surface area contributed by atoms with Crippen LogP contribution in [0.25, 0.3) is 0 Å². The second kappa shape index (κ2) is 6.91. The normalized spacial score (nSPS) is 15.4. The van der Waals surface area contributed by atoms with Gasteiger partial charge in [0.1, 0.15) is 5.69 Å². The minimum Gasteiger partial charge on any atom is -0.347 e. The summed E-state index contributed by atoms with van der Waals surface area (Å²) in [5.41, 5.74) is 3.00. The maximum atomic E-state index is 12.5. The number of hydrogen-bond acceptors (Lipinski definition) is 5. The second-order valence-corrected chi connectivity index (χ2v) is 8.02. The molecular formula is C18H14N3O3S2+. The highest BCUT2D eigenvalue weighted by Gasteiger charge is 2.36. The van der Waals surface area contributed by atoms with Gasteiger partial charge in [0.2, 0.25) is 21.0 Å². The molecule has 8 heteroatoms. The number of thiazole rings is 1. The molecule has 1 aliphatic heterocycles. The summed E-state index contributed by atoms with van der Waals surface area (Å²) in [7, 11) is 0. The molecule has 0 saturated carbocycles. The number of carbonyl (C=O) groups excluding carboxylic acids is 2. The van der Waals surface area contributed by atoms with Crippen LogP contribution in [-0.2, 0) is 17.7 Å². The van der Waals surface area contributed by atoms with Gasteiger partial charge in [0.25, 0.3) is 11.8 Å². The number of amides is 2. The highest BCUT2D eigenvalue weighted by molar-refractivity contribution is 7.91. The lowest BCUT2D eigenvalue weighted by Crippen LogP contribution is -2.22. The Kier molecular flexibility index (Phi) is 4.46. The lowest BCUT2D eigenvalue weighted by molar-refractivity contribution is 0.0949. The average Bonchev–Trinajstić information content (AvgIpc) is 3.15. The zero-order valence-electron chi connectivity index (χ0n) is 13.4. The van der Waals surface area contributed by atoms with Crippen molar-refractivity contribution in [2.45, 2.75) is 16.3 Å². The minimum atomic E-state index is -1.25. The molecule has 6 nitrogen and oxygen atoms in total. The topological polar surface area (TPSA) is 91.3 Å². The van der Waals surface area contributed by atoms with Crippen molar-refractivity contribution >= 4 is 40.0 Å². The number of benzene rings is 2. The van der Waals surface area contributed by atoms with Gasteiger partial charge in [-0.05, 0) is 30.3 Å². The molecule has 4 rings (SSSR count). The molecule has 130 valence electrons. The molecule has 0 bridgehead atoms. The molecule has 3 aromatic rings. The van der Waals surface area contributed by atoms with Crippen LogP contribution < -0.4 is 10.6 Å². The molecule has 1 atom stereocenters. The Hall–Kier alpha value is -2.68. The van der Waals surface area contributed by atoms with Crippen molar-refractivity contribution in [3.05, 3.63) is 70.2 Å². The van der Waals surface area contributed by atoms with Gasteiger partial charge in [-0.3, -0.25) is 14.6 Å². The lowest BCUT2D eigenvalue weighted by atomic mass is 10.1. The molecule has 0 spiro atoms. The maximum absolute atomic E-state index is 12.5. The predicted molar refractivity (Wildman–Crippen MR) is 101 cm³/mol. The maximum Gasteiger partial charge on any atom is 0.261 e. The Labute approximate surface area is 156 Å².